The Morgan fingerprint density at radius 1 is 1.16 bits per heavy atom. The van der Waals surface area contributed by atoms with E-state index in [1.165, 1.54) is 0 Å². The largest absolute Gasteiger partial charge is 0.394 e. The Labute approximate surface area is 108 Å². The Hall–Kier alpha value is -1.30. The molecule has 11 heteroatoms. The Morgan fingerprint density at radius 2 is 1.74 bits per heavy atom. The molecule has 0 radical (unpaired) electrons. The summed E-state index contributed by atoms with van der Waals surface area (Å²) in [5.41, 5.74) is 4.08. The zero-order valence-corrected chi connectivity index (χ0v) is 11.1. The number of halogens is 2. The predicted octanol–water partition coefficient (Wildman–Crippen LogP) is -0.886. The van der Waals surface area contributed by atoms with E-state index in [0.717, 1.165) is 0 Å². The molecule has 0 fully saturated rings. The van der Waals surface area contributed by atoms with Crippen LogP contribution in [0.15, 0.2) is 17.0 Å². The van der Waals surface area contributed by atoms with Gasteiger partial charge in [0.15, 0.2) is 5.82 Å². The molecule has 0 atom stereocenters. The third kappa shape index (κ3) is 4.09. The molecule has 108 valence electrons. The molecule has 0 aliphatic heterocycles. The standard InChI is InChI=1S/C8H11F2N3O4S2/c9-5-1-2-6(7(10)8(5)11)19(16,17)13-3-4-18(12,14)15/h1-2,13H,3-4,11H2,(H2,12,14,15). The van der Waals surface area contributed by atoms with Gasteiger partial charge in [-0.3, -0.25) is 0 Å². The summed E-state index contributed by atoms with van der Waals surface area (Å²) in [5.74, 6) is -3.20. The quantitative estimate of drug-likeness (QED) is 0.607. The number of anilines is 1. The van der Waals surface area contributed by atoms with E-state index >= 15 is 0 Å². The molecule has 0 amide bonds. The number of hydrogen-bond donors (Lipinski definition) is 3. The molecule has 0 saturated heterocycles. The van der Waals surface area contributed by atoms with Crippen molar-refractivity contribution in [2.75, 3.05) is 18.0 Å². The summed E-state index contributed by atoms with van der Waals surface area (Å²) in [5, 5.41) is 4.67. The van der Waals surface area contributed by atoms with Gasteiger partial charge in [-0.1, -0.05) is 0 Å². The molecule has 0 aliphatic rings. The number of nitrogens with one attached hydrogen (secondary N) is 1. The third-order valence-corrected chi connectivity index (χ3v) is 4.31. The van der Waals surface area contributed by atoms with E-state index in [0.29, 0.717) is 12.1 Å². The lowest BCUT2D eigenvalue weighted by atomic mass is 10.3. The van der Waals surface area contributed by atoms with E-state index in [1.807, 2.05) is 4.72 Å². The summed E-state index contributed by atoms with van der Waals surface area (Å²) in [6, 6.07) is 1.37. The van der Waals surface area contributed by atoms with Crippen molar-refractivity contribution in [3.63, 3.8) is 0 Å². The van der Waals surface area contributed by atoms with Crippen LogP contribution in [-0.4, -0.2) is 29.1 Å². The van der Waals surface area contributed by atoms with Gasteiger partial charge in [0.25, 0.3) is 0 Å². The Balaban J connectivity index is 2.99. The highest BCUT2D eigenvalue weighted by molar-refractivity contribution is 7.90. The fraction of sp³-hybridized carbons (Fsp3) is 0.250. The number of hydrogen-bond acceptors (Lipinski definition) is 5. The van der Waals surface area contributed by atoms with Crippen LogP contribution in [-0.2, 0) is 20.0 Å². The molecule has 1 aromatic carbocycles. The van der Waals surface area contributed by atoms with Gasteiger partial charge in [0.2, 0.25) is 20.0 Å². The van der Waals surface area contributed by atoms with Crippen LogP contribution in [0.5, 0.6) is 0 Å². The lowest BCUT2D eigenvalue weighted by molar-refractivity contribution is 0.549. The molecule has 0 spiro atoms. The SMILES string of the molecule is Nc1c(F)ccc(S(=O)(=O)NCCS(N)(=O)=O)c1F. The molecule has 0 aliphatic carbocycles. The second kappa shape index (κ2) is 5.36. The van der Waals surface area contributed by atoms with Gasteiger partial charge in [-0.2, -0.15) is 0 Å². The van der Waals surface area contributed by atoms with Crippen molar-refractivity contribution < 1.29 is 25.6 Å². The average molecular weight is 315 g/mol. The van der Waals surface area contributed by atoms with Gasteiger partial charge in [0.05, 0.1) is 5.75 Å². The van der Waals surface area contributed by atoms with Crippen molar-refractivity contribution in [1.82, 2.24) is 4.72 Å². The second-order valence-corrected chi connectivity index (χ2v) is 7.01. The minimum Gasteiger partial charge on any atom is -0.394 e. The summed E-state index contributed by atoms with van der Waals surface area (Å²) in [6.07, 6.45) is 0. The summed E-state index contributed by atoms with van der Waals surface area (Å²) in [7, 11) is -8.20. The van der Waals surface area contributed by atoms with Gasteiger partial charge in [0, 0.05) is 6.54 Å². The normalized spacial score (nSPS) is 12.6. The maximum atomic E-state index is 13.5. The van der Waals surface area contributed by atoms with Crippen LogP contribution < -0.4 is 15.6 Å². The van der Waals surface area contributed by atoms with Crippen LogP contribution in [0.2, 0.25) is 0 Å². The summed E-state index contributed by atoms with van der Waals surface area (Å²) in [4.78, 5) is -0.874. The minimum atomic E-state index is -4.34. The van der Waals surface area contributed by atoms with Crippen molar-refractivity contribution in [3.05, 3.63) is 23.8 Å². The highest BCUT2D eigenvalue weighted by Crippen LogP contribution is 2.22. The van der Waals surface area contributed by atoms with E-state index in [9.17, 15) is 25.6 Å². The molecule has 0 bridgehead atoms. The van der Waals surface area contributed by atoms with Gasteiger partial charge in [-0.05, 0) is 12.1 Å². The van der Waals surface area contributed by atoms with E-state index in [1.54, 1.807) is 0 Å². The van der Waals surface area contributed by atoms with Gasteiger partial charge in [-0.25, -0.2) is 35.5 Å². The first-order valence-electron chi connectivity index (χ1n) is 4.78. The first-order valence-corrected chi connectivity index (χ1v) is 7.98. The lowest BCUT2D eigenvalue weighted by Gasteiger charge is -2.08. The smallest absolute Gasteiger partial charge is 0.243 e. The maximum absolute atomic E-state index is 13.5. The topological polar surface area (TPSA) is 132 Å². The van der Waals surface area contributed by atoms with Gasteiger partial charge >= 0.3 is 0 Å². The van der Waals surface area contributed by atoms with E-state index in [4.69, 9.17) is 5.73 Å². The molecule has 5 N–H and O–H groups in total. The molecule has 1 rings (SSSR count). The van der Waals surface area contributed by atoms with Crippen LogP contribution >= 0.6 is 0 Å². The highest BCUT2D eigenvalue weighted by Gasteiger charge is 2.22. The Morgan fingerprint density at radius 3 is 2.26 bits per heavy atom. The molecule has 7 nitrogen and oxygen atoms in total. The van der Waals surface area contributed by atoms with Gasteiger partial charge in [-0.15, -0.1) is 0 Å². The van der Waals surface area contributed by atoms with E-state index in [2.05, 4.69) is 5.14 Å². The molecular weight excluding hydrogens is 304 g/mol. The van der Waals surface area contributed by atoms with Gasteiger partial charge in [0.1, 0.15) is 16.4 Å². The van der Waals surface area contributed by atoms with Crippen molar-refractivity contribution >= 4 is 25.7 Å². The number of benzene rings is 1. The second-order valence-electron chi connectivity index (χ2n) is 3.54. The molecule has 1 aromatic rings. The molecule has 0 aromatic heterocycles. The number of sulfonamides is 2. The Bertz CT molecular complexity index is 688. The molecular formula is C8H11F2N3O4S2. The number of primary sulfonamides is 1. The Kier molecular flexibility index (Phi) is 4.45. The van der Waals surface area contributed by atoms with Crippen molar-refractivity contribution in [2.24, 2.45) is 5.14 Å². The summed E-state index contributed by atoms with van der Waals surface area (Å²) >= 11 is 0. The fourth-order valence-corrected chi connectivity index (χ4v) is 2.79. The minimum absolute atomic E-state index is 0.544. The number of nitrogen functional groups attached to an aromatic ring is 1. The van der Waals surface area contributed by atoms with Crippen LogP contribution in [0, 0.1) is 11.6 Å². The number of rotatable bonds is 5. The first-order chi connectivity index (χ1) is 8.54. The molecule has 0 heterocycles. The average Bonchev–Trinajstić information content (AvgIpc) is 2.23. The van der Waals surface area contributed by atoms with Gasteiger partial charge < -0.3 is 5.73 Å². The summed E-state index contributed by atoms with van der Waals surface area (Å²) in [6.45, 7) is -0.544. The lowest BCUT2D eigenvalue weighted by Crippen LogP contribution is -2.32. The highest BCUT2D eigenvalue weighted by atomic mass is 32.2. The summed E-state index contributed by atoms with van der Waals surface area (Å²) < 4.78 is 72.7. The number of nitrogens with two attached hydrogens (primary N) is 2. The van der Waals surface area contributed by atoms with Crippen LogP contribution in [0.25, 0.3) is 0 Å². The zero-order valence-electron chi connectivity index (χ0n) is 9.43. The van der Waals surface area contributed by atoms with E-state index < -0.39 is 54.6 Å². The first kappa shape index (κ1) is 15.8. The fourth-order valence-electron chi connectivity index (χ4n) is 1.15. The van der Waals surface area contributed by atoms with Crippen LogP contribution in [0.1, 0.15) is 0 Å². The van der Waals surface area contributed by atoms with Crippen molar-refractivity contribution in [2.45, 2.75) is 4.90 Å². The molecule has 0 unspecified atom stereocenters. The molecule has 19 heavy (non-hydrogen) atoms. The third-order valence-electron chi connectivity index (χ3n) is 2.06. The van der Waals surface area contributed by atoms with Crippen molar-refractivity contribution in [1.29, 1.82) is 0 Å². The maximum Gasteiger partial charge on any atom is 0.243 e. The molecule has 0 saturated carbocycles. The van der Waals surface area contributed by atoms with Crippen molar-refractivity contribution in [3.8, 4) is 0 Å². The van der Waals surface area contributed by atoms with Crippen LogP contribution in [0.4, 0.5) is 14.5 Å². The monoisotopic (exact) mass is 315 g/mol. The predicted molar refractivity (Wildman–Crippen MR) is 63.9 cm³/mol. The zero-order chi connectivity index (χ0) is 14.8. The van der Waals surface area contributed by atoms with Crippen LogP contribution in [0.3, 0.4) is 0 Å². The van der Waals surface area contributed by atoms with E-state index in [-0.39, 0.29) is 0 Å².